The summed E-state index contributed by atoms with van der Waals surface area (Å²) < 4.78 is 57.8. The largest absolute Gasteiger partial charge is 0.459 e. The van der Waals surface area contributed by atoms with Crippen molar-refractivity contribution < 1.29 is 32.2 Å². The van der Waals surface area contributed by atoms with Crippen LogP contribution in [0.15, 0.2) is 45.3 Å². The molecule has 1 amide bonds. The second-order valence-corrected chi connectivity index (χ2v) is 7.71. The van der Waals surface area contributed by atoms with Gasteiger partial charge in [0.15, 0.2) is 0 Å². The van der Waals surface area contributed by atoms with Gasteiger partial charge in [-0.05, 0) is 38.3 Å². The highest BCUT2D eigenvalue weighted by Gasteiger charge is 2.57. The van der Waals surface area contributed by atoms with Gasteiger partial charge in [-0.25, -0.2) is 23.2 Å². The Morgan fingerprint density at radius 3 is 2.88 bits per heavy atom. The third-order valence-corrected chi connectivity index (χ3v) is 5.76. The number of nitrogens with one attached hydrogen (secondary N) is 1. The molecule has 0 radical (unpaired) electrons. The van der Waals surface area contributed by atoms with Gasteiger partial charge in [-0.15, -0.1) is 0 Å². The molecule has 3 rings (SSSR count). The van der Waals surface area contributed by atoms with E-state index in [0.717, 1.165) is 12.3 Å². The third-order valence-electron chi connectivity index (χ3n) is 5.76. The van der Waals surface area contributed by atoms with E-state index in [1.807, 2.05) is 6.92 Å². The highest BCUT2D eigenvalue weighted by molar-refractivity contribution is 6.42. The minimum Gasteiger partial charge on any atom is -0.459 e. The van der Waals surface area contributed by atoms with Crippen molar-refractivity contribution in [3.63, 3.8) is 0 Å². The van der Waals surface area contributed by atoms with Gasteiger partial charge in [0, 0.05) is 11.3 Å². The topological polar surface area (TPSA) is 120 Å². The lowest BCUT2D eigenvalue weighted by molar-refractivity contribution is -0.110. The third kappa shape index (κ3) is 4.91. The number of ether oxygens (including phenoxy) is 3. The quantitative estimate of drug-likeness (QED) is 0.415. The Balaban J connectivity index is 1.94. The summed E-state index contributed by atoms with van der Waals surface area (Å²) in [6, 6.07) is 3.48. The van der Waals surface area contributed by atoms with E-state index in [9.17, 15) is 13.6 Å². The maximum Gasteiger partial charge on any atom is 0.283 e. The molecule has 1 aromatic rings. The van der Waals surface area contributed by atoms with E-state index in [1.54, 1.807) is 0 Å². The molecular weight excluding hydrogens is 455 g/mol. The number of hydrogen-bond acceptors (Lipinski definition) is 8. The second-order valence-electron chi connectivity index (χ2n) is 7.71. The molecule has 2 aliphatic rings. The van der Waals surface area contributed by atoms with E-state index in [1.165, 1.54) is 19.1 Å². The first-order valence-corrected chi connectivity index (χ1v) is 10.5. The highest BCUT2D eigenvalue weighted by atomic mass is 19.1. The first-order chi connectivity index (χ1) is 16.3. The van der Waals surface area contributed by atoms with Crippen molar-refractivity contribution in [3.05, 3.63) is 41.7 Å². The number of aliphatic imine (C=N–C) groups is 3. The Morgan fingerprint density at radius 2 is 2.24 bits per heavy atom. The molecule has 1 aromatic carbocycles. The summed E-state index contributed by atoms with van der Waals surface area (Å²) in [5.41, 5.74) is 4.19. The minimum absolute atomic E-state index is 0.0293. The molecule has 184 valence electrons. The van der Waals surface area contributed by atoms with Gasteiger partial charge in [-0.2, -0.15) is 0 Å². The number of anilines is 1. The monoisotopic (exact) mass is 481 g/mol. The molecule has 3 N–H and O–H groups in total. The van der Waals surface area contributed by atoms with Crippen LogP contribution in [0.25, 0.3) is 0 Å². The molecule has 34 heavy (non-hydrogen) atoms. The number of hydrogen-bond donors (Lipinski definition) is 2. The van der Waals surface area contributed by atoms with E-state index >= 15 is 4.39 Å². The van der Waals surface area contributed by atoms with Crippen molar-refractivity contribution in [1.82, 2.24) is 0 Å². The smallest absolute Gasteiger partial charge is 0.283 e. The number of nitrogens with two attached hydrogens (primary N) is 1. The molecule has 1 fully saturated rings. The number of fused-ring (bicyclic) bond motifs is 1. The standard InChI is InChI=1S/C22H26F3N5O4/c1-4-16-19-17(9-32-16)34-21(26)30-22(19,10-23)14-7-13(5-6-15(14)25)29-20(31)12(2)28-8-18(27-3)33-11-24/h5-8,16-17,19H,3-4,9-11H2,1-2H3,(H2,26,30)(H,29,31)/b18-8+,28-12?/t16-,17+,19-,22+/m0/s1. The van der Waals surface area contributed by atoms with Crippen molar-refractivity contribution in [2.24, 2.45) is 26.6 Å². The Morgan fingerprint density at radius 1 is 1.47 bits per heavy atom. The first kappa shape index (κ1) is 25.2. The Hall–Kier alpha value is -3.41. The van der Waals surface area contributed by atoms with Gasteiger partial charge in [0.1, 0.15) is 29.8 Å². The van der Waals surface area contributed by atoms with Crippen molar-refractivity contribution in [1.29, 1.82) is 0 Å². The molecule has 2 aliphatic heterocycles. The van der Waals surface area contributed by atoms with Crippen LogP contribution in [0.1, 0.15) is 25.8 Å². The lowest BCUT2D eigenvalue weighted by Crippen LogP contribution is -2.52. The van der Waals surface area contributed by atoms with Gasteiger partial charge in [0.05, 0.1) is 24.8 Å². The second kappa shape index (κ2) is 10.7. The average molecular weight is 481 g/mol. The summed E-state index contributed by atoms with van der Waals surface area (Å²) in [7, 11) is 0. The number of carbonyl (C=O) groups is 1. The molecule has 0 unspecified atom stereocenters. The van der Waals surface area contributed by atoms with Crippen molar-refractivity contribution in [3.8, 4) is 0 Å². The van der Waals surface area contributed by atoms with Crippen LogP contribution in [0.4, 0.5) is 18.9 Å². The van der Waals surface area contributed by atoms with Gasteiger partial charge in [0.25, 0.3) is 11.9 Å². The van der Waals surface area contributed by atoms with E-state index < -0.39 is 48.9 Å². The molecule has 0 spiro atoms. The predicted molar refractivity (Wildman–Crippen MR) is 121 cm³/mol. The summed E-state index contributed by atoms with van der Waals surface area (Å²) in [4.78, 5) is 24.0. The maximum absolute atomic E-state index is 15.1. The first-order valence-electron chi connectivity index (χ1n) is 10.5. The van der Waals surface area contributed by atoms with E-state index in [0.29, 0.717) is 6.42 Å². The number of alkyl halides is 2. The Labute approximate surface area is 194 Å². The van der Waals surface area contributed by atoms with Crippen LogP contribution in [0.2, 0.25) is 0 Å². The van der Waals surface area contributed by atoms with Crippen molar-refractivity contribution in [2.45, 2.75) is 38.0 Å². The van der Waals surface area contributed by atoms with E-state index in [-0.39, 0.29) is 35.5 Å². The molecule has 12 heteroatoms. The highest BCUT2D eigenvalue weighted by Crippen LogP contribution is 2.47. The molecule has 4 atom stereocenters. The van der Waals surface area contributed by atoms with Gasteiger partial charge in [-0.1, -0.05) is 6.92 Å². The van der Waals surface area contributed by atoms with Gasteiger partial charge in [0.2, 0.25) is 12.7 Å². The van der Waals surface area contributed by atoms with Crippen LogP contribution in [0.5, 0.6) is 0 Å². The fraction of sp³-hybridized carbons (Fsp3) is 0.455. The summed E-state index contributed by atoms with van der Waals surface area (Å²) >= 11 is 0. The van der Waals surface area contributed by atoms with Gasteiger partial charge in [-0.3, -0.25) is 9.79 Å². The van der Waals surface area contributed by atoms with Crippen LogP contribution in [0, 0.1) is 11.7 Å². The molecular formula is C22H26F3N5O4. The zero-order chi connectivity index (χ0) is 24.9. The number of nitrogens with zero attached hydrogens (tertiary/aromatic N) is 3. The summed E-state index contributed by atoms with van der Waals surface area (Å²) in [6.45, 7) is 4.46. The SMILES string of the molecule is C=N/C(=C\N=C(C)C(=O)Nc1ccc(F)c([C@@]2(CF)N=C(N)O[C@@H]3CO[C@@H](CC)[C@@H]32)c1)OCF. The number of benzene rings is 1. The van der Waals surface area contributed by atoms with Crippen LogP contribution < -0.4 is 11.1 Å². The number of amidine groups is 1. The van der Waals surface area contributed by atoms with Gasteiger partial charge >= 0.3 is 0 Å². The fourth-order valence-corrected chi connectivity index (χ4v) is 4.19. The number of rotatable bonds is 9. The van der Waals surface area contributed by atoms with E-state index in [2.05, 4.69) is 31.7 Å². The van der Waals surface area contributed by atoms with Crippen LogP contribution in [0.3, 0.4) is 0 Å². The molecule has 0 aliphatic carbocycles. The van der Waals surface area contributed by atoms with Crippen molar-refractivity contribution >= 4 is 30.0 Å². The molecule has 1 saturated heterocycles. The molecule has 0 aromatic heterocycles. The van der Waals surface area contributed by atoms with Crippen molar-refractivity contribution in [2.75, 3.05) is 25.5 Å². The lowest BCUT2D eigenvalue weighted by Gasteiger charge is -2.41. The van der Waals surface area contributed by atoms with Crippen LogP contribution >= 0.6 is 0 Å². The molecule has 0 bridgehead atoms. The Kier molecular flexibility index (Phi) is 7.92. The number of carbonyl (C=O) groups excluding carboxylic acids is 1. The summed E-state index contributed by atoms with van der Waals surface area (Å²) in [5, 5.41) is 2.57. The average Bonchev–Trinajstić information content (AvgIpc) is 3.25. The normalized spacial score (nSPS) is 26.9. The lowest BCUT2D eigenvalue weighted by atomic mass is 9.73. The van der Waals surface area contributed by atoms with E-state index in [4.69, 9.17) is 15.2 Å². The summed E-state index contributed by atoms with van der Waals surface area (Å²) in [6.07, 6.45) is 0.559. The molecule has 2 heterocycles. The fourth-order valence-electron chi connectivity index (χ4n) is 4.19. The number of halogens is 3. The molecule has 9 nitrogen and oxygen atoms in total. The zero-order valence-electron chi connectivity index (χ0n) is 18.8. The van der Waals surface area contributed by atoms with Gasteiger partial charge < -0.3 is 25.3 Å². The zero-order valence-corrected chi connectivity index (χ0v) is 18.8. The predicted octanol–water partition coefficient (Wildman–Crippen LogP) is 2.97. The number of amides is 1. The maximum atomic E-state index is 15.1. The van der Waals surface area contributed by atoms with Crippen LogP contribution in [-0.2, 0) is 24.5 Å². The van der Waals surface area contributed by atoms with Crippen LogP contribution in [-0.4, -0.2) is 56.7 Å². The Bertz CT molecular complexity index is 1030. The summed E-state index contributed by atoms with van der Waals surface area (Å²) in [5.74, 6) is -2.19. The molecule has 0 saturated carbocycles. The minimum atomic E-state index is -1.69.